The van der Waals surface area contributed by atoms with Gasteiger partial charge in [0.15, 0.2) is 0 Å². The van der Waals surface area contributed by atoms with Crippen molar-refractivity contribution < 1.29 is 19.2 Å². The van der Waals surface area contributed by atoms with Crippen LogP contribution in [0, 0.1) is 13.8 Å². The third-order valence-corrected chi connectivity index (χ3v) is 8.78. The molecule has 4 amide bonds. The normalized spacial score (nSPS) is 11.5. The van der Waals surface area contributed by atoms with E-state index < -0.39 is 23.6 Å². The maximum Gasteiger partial charge on any atom is 0.276 e. The van der Waals surface area contributed by atoms with Crippen LogP contribution in [-0.2, 0) is 26.2 Å². The molecule has 0 saturated carbocycles. The Hall–Kier alpha value is -6.10. The quantitative estimate of drug-likeness (QED) is 0.133. The summed E-state index contributed by atoms with van der Waals surface area (Å²) in [5.74, 6) is -1.51. The molecule has 0 saturated heterocycles. The molecule has 16 nitrogen and oxygen atoms in total. The van der Waals surface area contributed by atoms with Crippen LogP contribution in [0.4, 0.5) is 11.9 Å². The SMILES string of the molecule is CCn1nc(C)cc1C(=O)Nc1nc2cc(C(N)=O)ccc2n1C/C=C/Cn1c(NC(=O)c2cc(C)nn2CC)nc2cc(C(N)=O)cc(Br)c21. The molecule has 0 atom stereocenters. The van der Waals surface area contributed by atoms with Gasteiger partial charge in [-0.1, -0.05) is 12.2 Å². The number of hydrogen-bond acceptors (Lipinski definition) is 8. The van der Waals surface area contributed by atoms with Crippen molar-refractivity contribution in [1.82, 2.24) is 38.7 Å². The van der Waals surface area contributed by atoms with Crippen LogP contribution in [0.5, 0.6) is 0 Å². The standard InChI is InChI=1S/C34H35BrN12O4/c1-5-46-26(13-18(3)42-46)31(50)40-33-38-23-16-20(29(36)48)9-10-25(23)44(33)11-7-8-12-45-28-22(35)15-21(30(37)49)17-24(28)39-34(45)41-32(51)27-14-19(4)43-47(27)6-2/h7-10,13-17H,5-6,11-12H2,1-4H3,(H2,36,48)(H2,37,49)(H,38,40,50)(H,39,41,51)/b8-7+. The third-order valence-electron chi connectivity index (χ3n) is 8.17. The van der Waals surface area contributed by atoms with Crippen molar-refractivity contribution in [2.45, 2.75) is 53.9 Å². The number of imidazole rings is 2. The Labute approximate surface area is 299 Å². The Morgan fingerprint density at radius 2 is 1.24 bits per heavy atom. The molecule has 0 radical (unpaired) electrons. The van der Waals surface area contributed by atoms with Crippen LogP contribution < -0.4 is 22.1 Å². The zero-order valence-electron chi connectivity index (χ0n) is 28.3. The molecule has 4 aromatic heterocycles. The molecule has 0 fully saturated rings. The fraction of sp³-hybridized carbons (Fsp3) is 0.235. The summed E-state index contributed by atoms with van der Waals surface area (Å²) in [5, 5.41) is 14.5. The van der Waals surface area contributed by atoms with Gasteiger partial charge in [-0.2, -0.15) is 10.2 Å². The van der Waals surface area contributed by atoms with Gasteiger partial charge in [-0.15, -0.1) is 0 Å². The van der Waals surface area contributed by atoms with Gasteiger partial charge in [0, 0.05) is 41.8 Å². The molecule has 6 rings (SSSR count). The number of carbonyl (C=O) groups is 4. The minimum atomic E-state index is -0.618. The minimum absolute atomic E-state index is 0.242. The third kappa shape index (κ3) is 6.87. The molecular formula is C34H35BrN12O4. The predicted molar refractivity (Wildman–Crippen MR) is 195 cm³/mol. The average molecular weight is 756 g/mol. The van der Waals surface area contributed by atoms with Gasteiger partial charge in [-0.25, -0.2) is 9.97 Å². The van der Waals surface area contributed by atoms with E-state index in [1.165, 1.54) is 0 Å². The van der Waals surface area contributed by atoms with Crippen molar-refractivity contribution in [1.29, 1.82) is 0 Å². The van der Waals surface area contributed by atoms with E-state index in [0.29, 0.717) is 62.4 Å². The van der Waals surface area contributed by atoms with Crippen LogP contribution in [0.2, 0.25) is 0 Å². The lowest BCUT2D eigenvalue weighted by Crippen LogP contribution is -2.20. The Morgan fingerprint density at radius 3 is 1.78 bits per heavy atom. The van der Waals surface area contributed by atoms with E-state index in [1.807, 2.05) is 39.8 Å². The Balaban J connectivity index is 1.34. The monoisotopic (exact) mass is 754 g/mol. The highest BCUT2D eigenvalue weighted by Crippen LogP contribution is 2.30. The van der Waals surface area contributed by atoms with Crippen molar-refractivity contribution in [2.24, 2.45) is 11.5 Å². The molecule has 51 heavy (non-hydrogen) atoms. The molecule has 4 heterocycles. The second-order valence-corrected chi connectivity index (χ2v) is 12.6. The summed E-state index contributed by atoms with van der Waals surface area (Å²) in [5.41, 5.74) is 16.0. The molecule has 0 bridgehead atoms. The summed E-state index contributed by atoms with van der Waals surface area (Å²) < 4.78 is 7.36. The Morgan fingerprint density at radius 1 is 0.725 bits per heavy atom. The number of aromatic nitrogens is 8. The average Bonchev–Trinajstić information content (AvgIpc) is 3.85. The lowest BCUT2D eigenvalue weighted by Gasteiger charge is -2.11. The lowest BCUT2D eigenvalue weighted by atomic mass is 10.2. The second kappa shape index (κ2) is 14.0. The number of aryl methyl sites for hydroxylation is 4. The number of amides is 4. The predicted octanol–water partition coefficient (Wildman–Crippen LogP) is 4.16. The molecule has 2 aromatic carbocycles. The fourth-order valence-electron chi connectivity index (χ4n) is 5.83. The van der Waals surface area contributed by atoms with Gasteiger partial charge >= 0.3 is 0 Å². The van der Waals surface area contributed by atoms with E-state index in [0.717, 1.165) is 0 Å². The molecule has 0 aliphatic carbocycles. The molecular weight excluding hydrogens is 720 g/mol. The molecule has 0 spiro atoms. The van der Waals surface area contributed by atoms with Crippen LogP contribution >= 0.6 is 15.9 Å². The highest BCUT2D eigenvalue weighted by Gasteiger charge is 2.21. The Kier molecular flexibility index (Phi) is 9.56. The van der Waals surface area contributed by atoms with Gasteiger partial charge in [-0.05, 0) is 86.1 Å². The number of carbonyl (C=O) groups excluding carboxylic acids is 4. The van der Waals surface area contributed by atoms with Crippen molar-refractivity contribution in [2.75, 3.05) is 10.6 Å². The van der Waals surface area contributed by atoms with Crippen LogP contribution in [0.3, 0.4) is 0 Å². The number of primary amides is 2. The van der Waals surface area contributed by atoms with Gasteiger partial charge < -0.3 is 20.6 Å². The molecule has 6 N–H and O–H groups in total. The summed E-state index contributed by atoms with van der Waals surface area (Å²) in [6.07, 6.45) is 3.74. The van der Waals surface area contributed by atoms with Gasteiger partial charge in [0.2, 0.25) is 23.7 Å². The summed E-state index contributed by atoms with van der Waals surface area (Å²) in [6.45, 7) is 8.93. The van der Waals surface area contributed by atoms with E-state index in [4.69, 9.17) is 11.5 Å². The number of benzene rings is 2. The topological polar surface area (TPSA) is 216 Å². The number of hydrogen-bond donors (Lipinski definition) is 4. The van der Waals surface area contributed by atoms with Gasteiger partial charge in [0.25, 0.3) is 11.8 Å². The number of nitrogens with zero attached hydrogens (tertiary/aromatic N) is 8. The lowest BCUT2D eigenvalue weighted by molar-refractivity contribution is 0.0992. The highest BCUT2D eigenvalue weighted by atomic mass is 79.9. The number of fused-ring (bicyclic) bond motifs is 2. The molecule has 0 aliphatic rings. The van der Waals surface area contributed by atoms with Crippen LogP contribution in [0.15, 0.2) is 59.1 Å². The number of rotatable bonds is 12. The molecule has 262 valence electrons. The van der Waals surface area contributed by atoms with E-state index in [2.05, 4.69) is 46.7 Å². The smallest absolute Gasteiger partial charge is 0.276 e. The van der Waals surface area contributed by atoms with Crippen molar-refractivity contribution in [3.8, 4) is 0 Å². The van der Waals surface area contributed by atoms with E-state index >= 15 is 0 Å². The van der Waals surface area contributed by atoms with E-state index in [-0.39, 0.29) is 36.1 Å². The zero-order chi connectivity index (χ0) is 36.6. The summed E-state index contributed by atoms with van der Waals surface area (Å²) in [7, 11) is 0. The summed E-state index contributed by atoms with van der Waals surface area (Å²) in [6, 6.07) is 11.5. The number of anilines is 2. The summed E-state index contributed by atoms with van der Waals surface area (Å²) >= 11 is 3.55. The van der Waals surface area contributed by atoms with Crippen molar-refractivity contribution in [3.63, 3.8) is 0 Å². The van der Waals surface area contributed by atoms with E-state index in [9.17, 15) is 19.2 Å². The summed E-state index contributed by atoms with van der Waals surface area (Å²) in [4.78, 5) is 60.0. The highest BCUT2D eigenvalue weighted by molar-refractivity contribution is 9.10. The molecule has 0 aliphatic heterocycles. The number of nitrogens with two attached hydrogens (primary N) is 2. The van der Waals surface area contributed by atoms with Crippen molar-refractivity contribution >= 4 is 73.5 Å². The van der Waals surface area contributed by atoms with Gasteiger partial charge in [0.1, 0.15) is 11.4 Å². The van der Waals surface area contributed by atoms with Gasteiger partial charge in [0.05, 0.1) is 33.5 Å². The number of nitrogens with one attached hydrogen (secondary N) is 2. The number of halogens is 1. The van der Waals surface area contributed by atoms with Crippen LogP contribution in [-0.4, -0.2) is 62.3 Å². The zero-order valence-corrected chi connectivity index (χ0v) is 29.9. The minimum Gasteiger partial charge on any atom is -0.366 e. The fourth-order valence-corrected chi connectivity index (χ4v) is 6.49. The first-order valence-electron chi connectivity index (χ1n) is 16.0. The largest absolute Gasteiger partial charge is 0.366 e. The maximum atomic E-state index is 13.4. The Bertz CT molecular complexity index is 2400. The molecule has 0 unspecified atom stereocenters. The van der Waals surface area contributed by atoms with Crippen molar-refractivity contribution in [3.05, 3.63) is 93.0 Å². The van der Waals surface area contributed by atoms with Crippen LogP contribution in [0.1, 0.15) is 66.9 Å². The molecule has 17 heteroatoms. The first kappa shape index (κ1) is 34.8. The van der Waals surface area contributed by atoms with Gasteiger partial charge in [-0.3, -0.25) is 39.2 Å². The number of allylic oxidation sites excluding steroid dienone is 2. The maximum absolute atomic E-state index is 13.4. The first-order valence-corrected chi connectivity index (χ1v) is 16.8. The second-order valence-electron chi connectivity index (χ2n) is 11.7. The first-order chi connectivity index (χ1) is 24.4. The molecule has 6 aromatic rings. The van der Waals surface area contributed by atoms with E-state index in [1.54, 1.807) is 61.0 Å². The van der Waals surface area contributed by atoms with Crippen LogP contribution in [0.25, 0.3) is 22.1 Å².